The Kier molecular flexibility index (Phi) is 5.22. The first-order valence-electron chi connectivity index (χ1n) is 6.51. The van der Waals surface area contributed by atoms with Crippen LogP contribution in [-0.2, 0) is 0 Å². The molecule has 0 unspecified atom stereocenters. The third-order valence-electron chi connectivity index (χ3n) is 2.82. The standard InChI is InChI=1S/C16H16BrNO3/c1-3-21-13-6-4-5-11(9-13)18-16(19)14-10-12(20-2)7-8-15(14)17/h4-10H,3H2,1-2H3,(H,18,19). The first kappa shape index (κ1) is 15.4. The summed E-state index contributed by atoms with van der Waals surface area (Å²) in [5, 5.41) is 2.84. The molecule has 0 saturated heterocycles. The highest BCUT2D eigenvalue weighted by molar-refractivity contribution is 9.10. The van der Waals surface area contributed by atoms with Gasteiger partial charge < -0.3 is 14.8 Å². The number of methoxy groups -OCH3 is 1. The number of amides is 1. The second-order valence-corrected chi connectivity index (χ2v) is 5.12. The lowest BCUT2D eigenvalue weighted by molar-refractivity contribution is 0.102. The van der Waals surface area contributed by atoms with Crippen LogP contribution in [0.3, 0.4) is 0 Å². The van der Waals surface area contributed by atoms with E-state index in [-0.39, 0.29) is 5.91 Å². The van der Waals surface area contributed by atoms with Crippen LogP contribution in [0.25, 0.3) is 0 Å². The van der Waals surface area contributed by atoms with Crippen LogP contribution in [0.5, 0.6) is 11.5 Å². The monoisotopic (exact) mass is 349 g/mol. The van der Waals surface area contributed by atoms with Crippen LogP contribution in [-0.4, -0.2) is 19.6 Å². The second-order valence-electron chi connectivity index (χ2n) is 4.26. The normalized spacial score (nSPS) is 10.0. The van der Waals surface area contributed by atoms with Gasteiger partial charge >= 0.3 is 0 Å². The average Bonchev–Trinajstić information content (AvgIpc) is 2.48. The minimum atomic E-state index is -0.213. The third-order valence-corrected chi connectivity index (χ3v) is 3.51. The van der Waals surface area contributed by atoms with Crippen LogP contribution < -0.4 is 14.8 Å². The van der Waals surface area contributed by atoms with Gasteiger partial charge in [-0.25, -0.2) is 0 Å². The van der Waals surface area contributed by atoms with Gasteiger partial charge in [-0.05, 0) is 53.2 Å². The number of hydrogen-bond donors (Lipinski definition) is 1. The van der Waals surface area contributed by atoms with Gasteiger partial charge in [-0.2, -0.15) is 0 Å². The predicted molar refractivity (Wildman–Crippen MR) is 86.3 cm³/mol. The van der Waals surface area contributed by atoms with Crippen molar-refractivity contribution in [3.05, 3.63) is 52.5 Å². The van der Waals surface area contributed by atoms with Crippen LogP contribution in [0, 0.1) is 0 Å². The lowest BCUT2D eigenvalue weighted by Crippen LogP contribution is -2.12. The molecule has 0 spiro atoms. The van der Waals surface area contributed by atoms with E-state index in [1.807, 2.05) is 25.1 Å². The second kappa shape index (κ2) is 7.13. The molecule has 1 amide bonds. The Hall–Kier alpha value is -2.01. The summed E-state index contributed by atoms with van der Waals surface area (Å²) in [6, 6.07) is 12.5. The van der Waals surface area contributed by atoms with E-state index < -0.39 is 0 Å². The molecule has 2 aromatic carbocycles. The molecule has 0 fully saturated rings. The lowest BCUT2D eigenvalue weighted by Gasteiger charge is -2.10. The minimum Gasteiger partial charge on any atom is -0.497 e. The van der Waals surface area contributed by atoms with E-state index in [1.54, 1.807) is 31.4 Å². The highest BCUT2D eigenvalue weighted by atomic mass is 79.9. The Bertz CT molecular complexity index is 643. The maximum absolute atomic E-state index is 12.3. The van der Waals surface area contributed by atoms with Crippen molar-refractivity contribution in [2.45, 2.75) is 6.92 Å². The van der Waals surface area contributed by atoms with E-state index in [0.29, 0.717) is 28.1 Å². The molecule has 0 aromatic heterocycles. The van der Waals surface area contributed by atoms with Crippen molar-refractivity contribution in [1.29, 1.82) is 0 Å². The zero-order valence-corrected chi connectivity index (χ0v) is 13.4. The van der Waals surface area contributed by atoms with Crippen molar-refractivity contribution in [3.63, 3.8) is 0 Å². The first-order valence-corrected chi connectivity index (χ1v) is 7.31. The van der Waals surface area contributed by atoms with Crippen molar-refractivity contribution in [3.8, 4) is 11.5 Å². The van der Waals surface area contributed by atoms with E-state index >= 15 is 0 Å². The Balaban J connectivity index is 2.19. The summed E-state index contributed by atoms with van der Waals surface area (Å²) >= 11 is 3.37. The molecular weight excluding hydrogens is 334 g/mol. The summed E-state index contributed by atoms with van der Waals surface area (Å²) < 4.78 is 11.3. The van der Waals surface area contributed by atoms with Gasteiger partial charge in [-0.3, -0.25) is 4.79 Å². The van der Waals surface area contributed by atoms with Gasteiger partial charge in [0.2, 0.25) is 0 Å². The van der Waals surface area contributed by atoms with Crippen LogP contribution in [0.4, 0.5) is 5.69 Å². The molecule has 0 radical (unpaired) electrons. The van der Waals surface area contributed by atoms with E-state index in [0.717, 1.165) is 5.75 Å². The molecular formula is C16H16BrNO3. The van der Waals surface area contributed by atoms with Crippen molar-refractivity contribution in [2.24, 2.45) is 0 Å². The molecule has 0 atom stereocenters. The fourth-order valence-corrected chi connectivity index (χ4v) is 2.26. The van der Waals surface area contributed by atoms with Gasteiger partial charge in [0.25, 0.3) is 5.91 Å². The number of anilines is 1. The number of ether oxygens (including phenoxy) is 2. The summed E-state index contributed by atoms with van der Waals surface area (Å²) in [5.41, 5.74) is 1.19. The molecule has 2 aromatic rings. The number of halogens is 1. The molecule has 0 aliphatic rings. The fraction of sp³-hybridized carbons (Fsp3) is 0.188. The average molecular weight is 350 g/mol. The SMILES string of the molecule is CCOc1cccc(NC(=O)c2cc(OC)ccc2Br)c1. The molecule has 0 saturated carbocycles. The highest BCUT2D eigenvalue weighted by Gasteiger charge is 2.12. The summed E-state index contributed by atoms with van der Waals surface area (Å²) in [5.74, 6) is 1.14. The lowest BCUT2D eigenvalue weighted by atomic mass is 10.2. The van der Waals surface area contributed by atoms with Crippen LogP contribution in [0.1, 0.15) is 17.3 Å². The molecule has 0 aliphatic carbocycles. The Labute approximate surface area is 132 Å². The van der Waals surface area contributed by atoms with Crippen LogP contribution in [0.2, 0.25) is 0 Å². The Morgan fingerprint density at radius 3 is 2.71 bits per heavy atom. The maximum atomic E-state index is 12.3. The Morgan fingerprint density at radius 1 is 1.19 bits per heavy atom. The molecule has 110 valence electrons. The van der Waals surface area contributed by atoms with Gasteiger partial charge in [0.1, 0.15) is 11.5 Å². The van der Waals surface area contributed by atoms with E-state index in [2.05, 4.69) is 21.2 Å². The van der Waals surface area contributed by atoms with Crippen LogP contribution >= 0.6 is 15.9 Å². The zero-order valence-electron chi connectivity index (χ0n) is 11.9. The highest BCUT2D eigenvalue weighted by Crippen LogP contribution is 2.24. The molecule has 5 heteroatoms. The van der Waals surface area contributed by atoms with E-state index in [4.69, 9.17) is 9.47 Å². The van der Waals surface area contributed by atoms with E-state index in [9.17, 15) is 4.79 Å². The first-order chi connectivity index (χ1) is 10.1. The third kappa shape index (κ3) is 3.98. The summed E-state index contributed by atoms with van der Waals surface area (Å²) in [4.78, 5) is 12.3. The maximum Gasteiger partial charge on any atom is 0.256 e. The molecule has 21 heavy (non-hydrogen) atoms. The number of carbonyl (C=O) groups is 1. The molecule has 0 bridgehead atoms. The van der Waals surface area contributed by atoms with Crippen LogP contribution in [0.15, 0.2) is 46.9 Å². The number of nitrogens with one attached hydrogen (secondary N) is 1. The quantitative estimate of drug-likeness (QED) is 0.883. The van der Waals surface area contributed by atoms with Crippen molar-refractivity contribution in [1.82, 2.24) is 0 Å². The number of hydrogen-bond acceptors (Lipinski definition) is 3. The fourth-order valence-electron chi connectivity index (χ4n) is 1.83. The largest absolute Gasteiger partial charge is 0.497 e. The molecule has 0 aliphatic heterocycles. The zero-order chi connectivity index (χ0) is 15.2. The summed E-state index contributed by atoms with van der Waals surface area (Å²) in [7, 11) is 1.57. The smallest absolute Gasteiger partial charge is 0.256 e. The van der Waals surface area contributed by atoms with Crippen molar-refractivity contribution >= 4 is 27.5 Å². The van der Waals surface area contributed by atoms with E-state index in [1.165, 1.54) is 0 Å². The van der Waals surface area contributed by atoms with Gasteiger partial charge in [-0.1, -0.05) is 6.07 Å². The number of carbonyl (C=O) groups excluding carboxylic acids is 1. The Morgan fingerprint density at radius 2 is 2.00 bits per heavy atom. The molecule has 2 rings (SSSR count). The van der Waals surface area contributed by atoms with Gasteiger partial charge in [-0.15, -0.1) is 0 Å². The molecule has 4 nitrogen and oxygen atoms in total. The predicted octanol–water partition coefficient (Wildman–Crippen LogP) is 4.11. The summed E-state index contributed by atoms with van der Waals surface area (Å²) in [6.07, 6.45) is 0. The topological polar surface area (TPSA) is 47.6 Å². The molecule has 1 N–H and O–H groups in total. The van der Waals surface area contributed by atoms with Gasteiger partial charge in [0.15, 0.2) is 0 Å². The van der Waals surface area contributed by atoms with Gasteiger partial charge in [0, 0.05) is 16.2 Å². The number of rotatable bonds is 5. The van der Waals surface area contributed by atoms with Gasteiger partial charge in [0.05, 0.1) is 19.3 Å². The van der Waals surface area contributed by atoms with Crippen molar-refractivity contribution < 1.29 is 14.3 Å². The van der Waals surface area contributed by atoms with Crippen molar-refractivity contribution in [2.75, 3.05) is 19.0 Å². The number of benzene rings is 2. The minimum absolute atomic E-state index is 0.213. The summed E-state index contributed by atoms with van der Waals surface area (Å²) in [6.45, 7) is 2.50. The molecule has 0 heterocycles.